The van der Waals surface area contributed by atoms with E-state index in [-0.39, 0.29) is 0 Å². The van der Waals surface area contributed by atoms with E-state index in [9.17, 15) is 0 Å². The van der Waals surface area contributed by atoms with Crippen LogP contribution in [0.5, 0.6) is 0 Å². The summed E-state index contributed by atoms with van der Waals surface area (Å²) in [6, 6.07) is 0. The molecule has 0 spiro atoms. The maximum absolute atomic E-state index is 1.88. The summed E-state index contributed by atoms with van der Waals surface area (Å²) in [5.41, 5.74) is 0. The predicted molar refractivity (Wildman–Crippen MR) is 29.2 cm³/mol. The van der Waals surface area contributed by atoms with Crippen molar-refractivity contribution in [1.29, 1.82) is 0 Å². The SMILES string of the molecule is [Hf+2]=[Si]=C1CCCC1. The van der Waals surface area contributed by atoms with Crippen LogP contribution >= 0.6 is 0 Å². The third-order valence-electron chi connectivity index (χ3n) is 1.38. The zero-order valence-corrected chi connectivity index (χ0v) is 8.92. The van der Waals surface area contributed by atoms with Gasteiger partial charge >= 0.3 is 59.7 Å². The van der Waals surface area contributed by atoms with Gasteiger partial charge < -0.3 is 0 Å². The van der Waals surface area contributed by atoms with Crippen molar-refractivity contribution in [3.63, 3.8) is 0 Å². The zero-order valence-electron chi connectivity index (χ0n) is 4.33. The van der Waals surface area contributed by atoms with Crippen molar-refractivity contribution in [2.24, 2.45) is 0 Å². The Morgan fingerprint density at radius 3 is 2.14 bits per heavy atom. The van der Waals surface area contributed by atoms with Crippen LogP contribution in [0.1, 0.15) is 25.7 Å². The second-order valence-corrected chi connectivity index (χ2v) is 5.59. The average Bonchev–Trinajstić information content (AvgIpc) is 2.14. The minimum atomic E-state index is 1.27. The van der Waals surface area contributed by atoms with Crippen LogP contribution < -0.4 is 0 Å². The molecule has 0 aliphatic heterocycles. The van der Waals surface area contributed by atoms with Gasteiger partial charge in [0, 0.05) is 0 Å². The first-order chi connectivity index (χ1) is 3.43. The topological polar surface area (TPSA) is 0 Å². The molecule has 0 amide bonds. The molecule has 1 aliphatic rings. The minimum absolute atomic E-state index is 1.27. The van der Waals surface area contributed by atoms with Crippen molar-refractivity contribution < 1.29 is 23.0 Å². The molecule has 0 N–H and O–H groups in total. The fraction of sp³-hybridized carbons (Fsp3) is 0.800. The Morgan fingerprint density at radius 2 is 1.86 bits per heavy atom. The van der Waals surface area contributed by atoms with E-state index in [0.29, 0.717) is 0 Å². The first-order valence-corrected chi connectivity index (χ1v) is 9.10. The van der Waals surface area contributed by atoms with Gasteiger partial charge in [0.05, 0.1) is 0 Å². The van der Waals surface area contributed by atoms with E-state index in [2.05, 4.69) is 0 Å². The standard InChI is InChI=1S/C5H8Si.Hf/c6-5-3-1-2-4-5;/h1-4H2;/q;+2. The summed E-state index contributed by atoms with van der Waals surface area (Å²) < 4.78 is 0. The van der Waals surface area contributed by atoms with Crippen molar-refractivity contribution >= 4 is 11.0 Å². The van der Waals surface area contributed by atoms with Crippen LogP contribution in [0.2, 0.25) is 0 Å². The van der Waals surface area contributed by atoms with Gasteiger partial charge in [0.1, 0.15) is 0 Å². The number of rotatable bonds is 0. The summed E-state index contributed by atoms with van der Waals surface area (Å²) in [6.45, 7) is 0. The Kier molecular flexibility index (Phi) is 2.67. The molecule has 0 nitrogen and oxygen atoms in total. The summed E-state index contributed by atoms with van der Waals surface area (Å²) in [4.78, 5) is 0. The van der Waals surface area contributed by atoms with Crippen LogP contribution in [-0.2, 0) is 23.0 Å². The molecule has 1 saturated carbocycles. The van der Waals surface area contributed by atoms with Gasteiger partial charge in [-0.05, 0) is 0 Å². The molecule has 34 valence electrons. The molecule has 0 radical (unpaired) electrons. The fourth-order valence-corrected chi connectivity index (χ4v) is 4.22. The van der Waals surface area contributed by atoms with Gasteiger partial charge in [-0.3, -0.25) is 0 Å². The Hall–Kier alpha value is 0.957. The van der Waals surface area contributed by atoms with Crippen molar-refractivity contribution in [3.8, 4) is 0 Å². The monoisotopic (exact) mass is 276 g/mol. The normalized spacial score (nSPS) is 20.0. The Labute approximate surface area is 59.6 Å². The molecule has 0 saturated heterocycles. The summed E-state index contributed by atoms with van der Waals surface area (Å²) in [6.07, 6.45) is 5.93. The molecule has 0 aromatic rings. The van der Waals surface area contributed by atoms with Crippen molar-refractivity contribution in [2.45, 2.75) is 25.7 Å². The molecule has 0 aromatic heterocycles. The second-order valence-electron chi connectivity index (χ2n) is 1.94. The van der Waals surface area contributed by atoms with Gasteiger partial charge in [0.15, 0.2) is 0 Å². The number of hydrogen-bond donors (Lipinski definition) is 0. The number of hydrogen-bond acceptors (Lipinski definition) is 0. The molecule has 0 bridgehead atoms. The van der Waals surface area contributed by atoms with Gasteiger partial charge in [0.25, 0.3) is 0 Å². The van der Waals surface area contributed by atoms with Crippen LogP contribution in [-0.4, -0.2) is 11.0 Å². The molecule has 7 heavy (non-hydrogen) atoms. The third kappa shape index (κ3) is 1.72. The Bertz CT molecular complexity index is 105. The van der Waals surface area contributed by atoms with Crippen molar-refractivity contribution in [2.75, 3.05) is 0 Å². The fourth-order valence-electron chi connectivity index (χ4n) is 0.927. The van der Waals surface area contributed by atoms with E-state index in [1.165, 1.54) is 54.5 Å². The predicted octanol–water partition coefficient (Wildman–Crippen LogP) is 0.899. The summed E-state index contributed by atoms with van der Waals surface area (Å²) >= 11 is 1.42. The first-order valence-electron chi connectivity index (χ1n) is 2.71. The molecule has 1 fully saturated rings. The van der Waals surface area contributed by atoms with Gasteiger partial charge in [-0.15, -0.1) is 0 Å². The van der Waals surface area contributed by atoms with E-state index in [0.717, 1.165) is 0 Å². The van der Waals surface area contributed by atoms with E-state index in [1.54, 1.807) is 0 Å². The molecule has 2 heteroatoms. The van der Waals surface area contributed by atoms with Crippen molar-refractivity contribution in [1.82, 2.24) is 0 Å². The van der Waals surface area contributed by atoms with E-state index < -0.39 is 0 Å². The van der Waals surface area contributed by atoms with Gasteiger partial charge in [-0.2, -0.15) is 0 Å². The third-order valence-corrected chi connectivity index (χ3v) is 6.05. The van der Waals surface area contributed by atoms with E-state index >= 15 is 0 Å². The molecule has 0 heterocycles. The summed E-state index contributed by atoms with van der Waals surface area (Å²) in [5.74, 6) is 1.27. The second kappa shape index (κ2) is 3.08. The van der Waals surface area contributed by atoms with E-state index in [1.807, 2.05) is 5.17 Å². The van der Waals surface area contributed by atoms with Crippen molar-refractivity contribution in [3.05, 3.63) is 0 Å². The molecule has 1 aliphatic carbocycles. The Balaban J connectivity index is 2.57. The van der Waals surface area contributed by atoms with Crippen LogP contribution in [0.3, 0.4) is 0 Å². The molecule has 0 atom stereocenters. The molecular weight excluding hydrogens is 267 g/mol. The average molecular weight is 275 g/mol. The maximum atomic E-state index is 1.88. The van der Waals surface area contributed by atoms with Crippen LogP contribution in [0.15, 0.2) is 0 Å². The van der Waals surface area contributed by atoms with Gasteiger partial charge in [0.2, 0.25) is 0 Å². The quantitative estimate of drug-likeness (QED) is 0.576. The molecule has 0 unspecified atom stereocenters. The van der Waals surface area contributed by atoms with Crippen LogP contribution in [0, 0.1) is 0 Å². The van der Waals surface area contributed by atoms with Gasteiger partial charge in [-0.25, -0.2) is 0 Å². The molecule has 0 aromatic carbocycles. The molecular formula is C5H8HfSi+2. The summed E-state index contributed by atoms with van der Waals surface area (Å²) in [5, 5.41) is 1.88. The first kappa shape index (κ1) is 6.08. The van der Waals surface area contributed by atoms with Crippen LogP contribution in [0.25, 0.3) is 0 Å². The molecule has 1 rings (SSSR count). The van der Waals surface area contributed by atoms with Crippen LogP contribution in [0.4, 0.5) is 0 Å². The summed E-state index contributed by atoms with van der Waals surface area (Å²) in [7, 11) is 0. The van der Waals surface area contributed by atoms with E-state index in [4.69, 9.17) is 0 Å². The van der Waals surface area contributed by atoms with Gasteiger partial charge in [-0.1, -0.05) is 0 Å². The zero-order chi connectivity index (χ0) is 5.11. The Morgan fingerprint density at radius 1 is 1.29 bits per heavy atom.